The van der Waals surface area contributed by atoms with E-state index in [1.54, 1.807) is 13.0 Å². The molecule has 0 fully saturated rings. The summed E-state index contributed by atoms with van der Waals surface area (Å²) < 4.78 is 5.35. The first-order valence-corrected chi connectivity index (χ1v) is 5.73. The molecule has 0 spiro atoms. The van der Waals surface area contributed by atoms with E-state index in [0.717, 1.165) is 23.0 Å². The van der Waals surface area contributed by atoms with Gasteiger partial charge in [-0.05, 0) is 24.6 Å². The van der Waals surface area contributed by atoms with E-state index in [9.17, 15) is 14.9 Å². The van der Waals surface area contributed by atoms with Crippen LogP contribution in [0.15, 0.2) is 22.6 Å². The van der Waals surface area contributed by atoms with E-state index in [-0.39, 0.29) is 5.76 Å². The number of carbonyl (C=O) groups excluding carboxylic acids is 1. The quantitative estimate of drug-likeness (QED) is 0.487. The molecular formula is C10H6ClNO4S. The maximum absolute atomic E-state index is 11.9. The van der Waals surface area contributed by atoms with Crippen molar-refractivity contribution in [3.63, 3.8) is 0 Å². The summed E-state index contributed by atoms with van der Waals surface area (Å²) in [7, 11) is 0. The summed E-state index contributed by atoms with van der Waals surface area (Å²) in [5, 5.41) is 10.4. The van der Waals surface area contributed by atoms with E-state index in [0.29, 0.717) is 9.21 Å². The first kappa shape index (κ1) is 11.8. The average Bonchev–Trinajstić information content (AvgIpc) is 2.86. The summed E-state index contributed by atoms with van der Waals surface area (Å²) in [4.78, 5) is 22.0. The van der Waals surface area contributed by atoms with Crippen LogP contribution in [0.25, 0.3) is 0 Å². The summed E-state index contributed by atoms with van der Waals surface area (Å²) in [5.74, 6) is -0.916. The standard InChI is InChI=1S/C10H6ClNO4S/c1-5-4-7(17-10(5)11)9(13)6-2-3-8(16-6)12(14)15/h2-4H,1H3. The highest BCUT2D eigenvalue weighted by molar-refractivity contribution is 7.18. The molecule has 0 aliphatic carbocycles. The lowest BCUT2D eigenvalue weighted by Crippen LogP contribution is -1.95. The number of thiophene rings is 1. The number of hydrogen-bond acceptors (Lipinski definition) is 5. The van der Waals surface area contributed by atoms with Crippen molar-refractivity contribution >= 4 is 34.6 Å². The lowest BCUT2D eigenvalue weighted by molar-refractivity contribution is -0.402. The number of hydrogen-bond donors (Lipinski definition) is 0. The van der Waals surface area contributed by atoms with Crippen LogP contribution in [0.3, 0.4) is 0 Å². The number of nitrogens with zero attached hydrogens (tertiary/aromatic N) is 1. The first-order chi connectivity index (χ1) is 7.99. The molecule has 2 rings (SSSR count). The summed E-state index contributed by atoms with van der Waals surface area (Å²) in [6.07, 6.45) is 0. The molecule has 88 valence electrons. The highest BCUT2D eigenvalue weighted by atomic mass is 35.5. The van der Waals surface area contributed by atoms with Gasteiger partial charge in [-0.1, -0.05) is 11.6 Å². The summed E-state index contributed by atoms with van der Waals surface area (Å²) in [6.45, 7) is 1.78. The highest BCUT2D eigenvalue weighted by Crippen LogP contribution is 2.29. The molecule has 2 aromatic rings. The van der Waals surface area contributed by atoms with Crippen molar-refractivity contribution in [1.82, 2.24) is 0 Å². The highest BCUT2D eigenvalue weighted by Gasteiger charge is 2.20. The lowest BCUT2D eigenvalue weighted by Gasteiger charge is -1.90. The topological polar surface area (TPSA) is 73.3 Å². The van der Waals surface area contributed by atoms with E-state index in [4.69, 9.17) is 16.0 Å². The molecule has 2 aromatic heterocycles. The third-order valence-electron chi connectivity index (χ3n) is 2.08. The minimum atomic E-state index is -0.691. The Balaban J connectivity index is 2.33. The Morgan fingerprint density at radius 1 is 1.53 bits per heavy atom. The van der Waals surface area contributed by atoms with Crippen molar-refractivity contribution in [2.24, 2.45) is 0 Å². The average molecular weight is 272 g/mol. The third kappa shape index (κ3) is 2.22. The molecule has 0 saturated heterocycles. The lowest BCUT2D eigenvalue weighted by atomic mass is 10.2. The van der Waals surface area contributed by atoms with Gasteiger partial charge in [0.25, 0.3) is 0 Å². The van der Waals surface area contributed by atoms with Crippen molar-refractivity contribution in [2.45, 2.75) is 6.92 Å². The van der Waals surface area contributed by atoms with Crippen LogP contribution in [-0.2, 0) is 0 Å². The second kappa shape index (κ2) is 4.31. The molecule has 0 bridgehead atoms. The van der Waals surface area contributed by atoms with Crippen LogP contribution in [0.2, 0.25) is 4.34 Å². The van der Waals surface area contributed by atoms with Crippen LogP contribution in [0.5, 0.6) is 0 Å². The van der Waals surface area contributed by atoms with Crippen LogP contribution < -0.4 is 0 Å². The van der Waals surface area contributed by atoms with Gasteiger partial charge >= 0.3 is 5.88 Å². The molecule has 0 saturated carbocycles. The Kier molecular flexibility index (Phi) is 2.99. The molecular weight excluding hydrogens is 266 g/mol. The van der Waals surface area contributed by atoms with Crippen molar-refractivity contribution < 1.29 is 14.1 Å². The second-order valence-electron chi connectivity index (χ2n) is 3.29. The van der Waals surface area contributed by atoms with E-state index >= 15 is 0 Å². The third-order valence-corrected chi connectivity index (χ3v) is 3.63. The van der Waals surface area contributed by atoms with Gasteiger partial charge in [0, 0.05) is 0 Å². The summed E-state index contributed by atoms with van der Waals surface area (Å²) >= 11 is 6.97. The predicted octanol–water partition coefficient (Wildman–Crippen LogP) is 3.44. The molecule has 0 aromatic carbocycles. The van der Waals surface area contributed by atoms with Gasteiger partial charge in [-0.15, -0.1) is 11.3 Å². The van der Waals surface area contributed by atoms with Crippen LogP contribution in [-0.4, -0.2) is 10.7 Å². The number of furan rings is 1. The van der Waals surface area contributed by atoms with Crippen molar-refractivity contribution in [1.29, 1.82) is 0 Å². The van der Waals surface area contributed by atoms with Crippen molar-refractivity contribution in [3.05, 3.63) is 48.9 Å². The molecule has 0 unspecified atom stereocenters. The fourth-order valence-corrected chi connectivity index (χ4v) is 2.39. The van der Waals surface area contributed by atoms with Crippen LogP contribution >= 0.6 is 22.9 Å². The zero-order valence-electron chi connectivity index (χ0n) is 8.60. The fourth-order valence-electron chi connectivity index (χ4n) is 1.24. The van der Waals surface area contributed by atoms with Crippen LogP contribution in [0.4, 0.5) is 5.88 Å². The van der Waals surface area contributed by atoms with E-state index < -0.39 is 16.6 Å². The fraction of sp³-hybridized carbons (Fsp3) is 0.100. The number of carbonyl (C=O) groups is 1. The minimum absolute atomic E-state index is 0.0605. The van der Waals surface area contributed by atoms with Gasteiger partial charge in [0.2, 0.25) is 5.78 Å². The van der Waals surface area contributed by atoms with Gasteiger partial charge in [0.1, 0.15) is 4.92 Å². The SMILES string of the molecule is Cc1cc(C(=O)c2ccc([N+](=O)[O-])o2)sc1Cl. The molecule has 0 atom stereocenters. The Hall–Kier alpha value is -1.66. The molecule has 0 N–H and O–H groups in total. The Bertz CT molecular complexity index is 582. The number of rotatable bonds is 3. The van der Waals surface area contributed by atoms with Crippen LogP contribution in [0.1, 0.15) is 21.0 Å². The van der Waals surface area contributed by atoms with Gasteiger partial charge in [-0.2, -0.15) is 0 Å². The molecule has 5 nitrogen and oxygen atoms in total. The largest absolute Gasteiger partial charge is 0.433 e. The van der Waals surface area contributed by atoms with Gasteiger partial charge in [0.05, 0.1) is 15.3 Å². The monoisotopic (exact) mass is 271 g/mol. The summed E-state index contributed by atoms with van der Waals surface area (Å²) in [6, 6.07) is 4.06. The van der Waals surface area contributed by atoms with Crippen LogP contribution in [0, 0.1) is 17.0 Å². The van der Waals surface area contributed by atoms with E-state index in [1.807, 2.05) is 0 Å². The minimum Gasteiger partial charge on any atom is -0.397 e. The maximum Gasteiger partial charge on any atom is 0.433 e. The number of nitro groups is 1. The van der Waals surface area contributed by atoms with E-state index in [1.165, 1.54) is 6.07 Å². The van der Waals surface area contributed by atoms with E-state index in [2.05, 4.69) is 0 Å². The second-order valence-corrected chi connectivity index (χ2v) is 4.95. The Morgan fingerprint density at radius 2 is 2.24 bits per heavy atom. The predicted molar refractivity (Wildman–Crippen MR) is 62.9 cm³/mol. The molecule has 0 amide bonds. The molecule has 0 aliphatic heterocycles. The maximum atomic E-state index is 11.9. The Labute approximate surface area is 105 Å². The molecule has 2 heterocycles. The van der Waals surface area contributed by atoms with Crippen molar-refractivity contribution in [3.8, 4) is 0 Å². The first-order valence-electron chi connectivity index (χ1n) is 4.54. The summed E-state index contributed by atoms with van der Waals surface area (Å²) in [5.41, 5.74) is 0.793. The van der Waals surface area contributed by atoms with Gasteiger partial charge in [-0.25, -0.2) is 0 Å². The molecule has 0 radical (unpaired) electrons. The van der Waals surface area contributed by atoms with Gasteiger partial charge < -0.3 is 4.42 Å². The number of ketones is 1. The number of halogens is 1. The molecule has 0 aliphatic rings. The van der Waals surface area contributed by atoms with Crippen molar-refractivity contribution in [2.75, 3.05) is 0 Å². The van der Waals surface area contributed by atoms with Gasteiger partial charge in [0.15, 0.2) is 5.76 Å². The van der Waals surface area contributed by atoms with Gasteiger partial charge in [-0.3, -0.25) is 14.9 Å². The zero-order chi connectivity index (χ0) is 12.6. The smallest absolute Gasteiger partial charge is 0.397 e. The molecule has 7 heteroatoms. The Morgan fingerprint density at radius 3 is 2.71 bits per heavy atom. The molecule has 17 heavy (non-hydrogen) atoms. The number of aryl methyl sites for hydroxylation is 1. The zero-order valence-corrected chi connectivity index (χ0v) is 10.2. The normalized spacial score (nSPS) is 10.5.